The number of ether oxygens (including phenoxy) is 1. The van der Waals surface area contributed by atoms with Gasteiger partial charge in [-0.25, -0.2) is 9.78 Å². The third-order valence-electron chi connectivity index (χ3n) is 2.65. The molecular weight excluding hydrogens is 322 g/mol. The van der Waals surface area contributed by atoms with Crippen LogP contribution in [0, 0.1) is 6.92 Å². The number of pyridine rings is 1. The molecular formula is C14H14BrN3O2. The maximum Gasteiger partial charge on any atom is 0.411 e. The number of hydrogen-bond donors (Lipinski definition) is 2. The number of methoxy groups -OCH3 is 1. The monoisotopic (exact) mass is 335 g/mol. The minimum atomic E-state index is -0.517. The van der Waals surface area contributed by atoms with E-state index in [0.717, 1.165) is 15.7 Å². The molecule has 0 saturated heterocycles. The van der Waals surface area contributed by atoms with Crippen molar-refractivity contribution < 1.29 is 9.53 Å². The number of nitrogens with zero attached hydrogens (tertiary/aromatic N) is 1. The molecule has 0 saturated carbocycles. The SMILES string of the molecule is COC(=O)Nc1ccc(Nc2ccc(Br)cc2C)nc1. The van der Waals surface area contributed by atoms with Crippen LogP contribution in [-0.4, -0.2) is 18.2 Å². The lowest BCUT2D eigenvalue weighted by Gasteiger charge is -2.10. The van der Waals surface area contributed by atoms with Gasteiger partial charge in [-0.3, -0.25) is 5.32 Å². The van der Waals surface area contributed by atoms with Crippen LogP contribution >= 0.6 is 15.9 Å². The topological polar surface area (TPSA) is 63.2 Å². The summed E-state index contributed by atoms with van der Waals surface area (Å²) < 4.78 is 5.54. The Bertz CT molecular complexity index is 614. The zero-order valence-corrected chi connectivity index (χ0v) is 12.7. The fourth-order valence-electron chi connectivity index (χ4n) is 1.62. The molecule has 20 heavy (non-hydrogen) atoms. The van der Waals surface area contributed by atoms with E-state index in [2.05, 4.69) is 36.3 Å². The predicted molar refractivity (Wildman–Crippen MR) is 82.4 cm³/mol. The molecule has 0 aliphatic rings. The van der Waals surface area contributed by atoms with Gasteiger partial charge in [0.2, 0.25) is 0 Å². The highest BCUT2D eigenvalue weighted by atomic mass is 79.9. The van der Waals surface area contributed by atoms with Crippen molar-refractivity contribution in [3.8, 4) is 0 Å². The van der Waals surface area contributed by atoms with Crippen molar-refractivity contribution in [3.63, 3.8) is 0 Å². The molecule has 1 heterocycles. The van der Waals surface area contributed by atoms with Crippen LogP contribution in [0.2, 0.25) is 0 Å². The van der Waals surface area contributed by atoms with Crippen LogP contribution in [0.3, 0.4) is 0 Å². The quantitative estimate of drug-likeness (QED) is 0.887. The normalized spacial score (nSPS) is 9.95. The molecule has 2 N–H and O–H groups in total. The molecule has 1 aromatic heterocycles. The predicted octanol–water partition coefficient (Wildman–Crippen LogP) is 4.07. The second-order valence-electron chi connectivity index (χ2n) is 4.13. The number of hydrogen-bond acceptors (Lipinski definition) is 4. The molecule has 2 rings (SSSR count). The first kappa shape index (κ1) is 14.3. The highest BCUT2D eigenvalue weighted by molar-refractivity contribution is 9.10. The molecule has 1 amide bonds. The summed E-state index contributed by atoms with van der Waals surface area (Å²) in [7, 11) is 1.31. The lowest BCUT2D eigenvalue weighted by molar-refractivity contribution is 0.187. The Morgan fingerprint density at radius 2 is 2.10 bits per heavy atom. The molecule has 1 aromatic carbocycles. The molecule has 0 spiro atoms. The molecule has 0 aliphatic carbocycles. The lowest BCUT2D eigenvalue weighted by atomic mass is 10.2. The van der Waals surface area contributed by atoms with Gasteiger partial charge < -0.3 is 10.1 Å². The molecule has 6 heteroatoms. The van der Waals surface area contributed by atoms with Gasteiger partial charge in [0.15, 0.2) is 0 Å². The van der Waals surface area contributed by atoms with E-state index in [1.54, 1.807) is 18.3 Å². The number of aromatic nitrogens is 1. The van der Waals surface area contributed by atoms with Gasteiger partial charge in [0, 0.05) is 10.2 Å². The number of benzene rings is 1. The molecule has 0 unspecified atom stereocenters. The maximum atomic E-state index is 11.1. The summed E-state index contributed by atoms with van der Waals surface area (Å²) in [6, 6.07) is 9.49. The number of rotatable bonds is 3. The highest BCUT2D eigenvalue weighted by Crippen LogP contribution is 2.23. The largest absolute Gasteiger partial charge is 0.453 e. The molecule has 104 valence electrons. The highest BCUT2D eigenvalue weighted by Gasteiger charge is 2.03. The van der Waals surface area contributed by atoms with E-state index in [9.17, 15) is 4.79 Å². The molecule has 0 aliphatic heterocycles. The Labute approximate surface area is 125 Å². The summed E-state index contributed by atoms with van der Waals surface area (Å²) >= 11 is 3.43. The zero-order valence-electron chi connectivity index (χ0n) is 11.1. The summed E-state index contributed by atoms with van der Waals surface area (Å²) in [5, 5.41) is 5.76. The Balaban J connectivity index is 2.08. The Morgan fingerprint density at radius 3 is 2.70 bits per heavy atom. The molecule has 0 fully saturated rings. The summed E-state index contributed by atoms with van der Waals surface area (Å²) in [5.41, 5.74) is 2.67. The first-order valence-corrected chi connectivity index (χ1v) is 6.72. The summed E-state index contributed by atoms with van der Waals surface area (Å²) in [6.07, 6.45) is 1.05. The summed E-state index contributed by atoms with van der Waals surface area (Å²) in [5.74, 6) is 0.700. The molecule has 0 atom stereocenters. The first-order chi connectivity index (χ1) is 9.58. The maximum absolute atomic E-state index is 11.1. The van der Waals surface area contributed by atoms with Crippen LogP contribution in [0.1, 0.15) is 5.56 Å². The number of aryl methyl sites for hydroxylation is 1. The number of carbonyl (C=O) groups is 1. The van der Waals surface area contributed by atoms with Gasteiger partial charge >= 0.3 is 6.09 Å². The Kier molecular flexibility index (Phi) is 4.57. The summed E-state index contributed by atoms with van der Waals surface area (Å²) in [6.45, 7) is 2.01. The van der Waals surface area contributed by atoms with Crippen LogP contribution in [0.5, 0.6) is 0 Å². The van der Waals surface area contributed by atoms with E-state index in [1.807, 2.05) is 25.1 Å². The molecule has 5 nitrogen and oxygen atoms in total. The number of halogens is 1. The third-order valence-corrected chi connectivity index (χ3v) is 3.14. The van der Waals surface area contributed by atoms with Gasteiger partial charge in [0.1, 0.15) is 5.82 Å². The number of amides is 1. The number of anilines is 3. The Morgan fingerprint density at radius 1 is 1.30 bits per heavy atom. The zero-order chi connectivity index (χ0) is 14.5. The smallest absolute Gasteiger partial charge is 0.411 e. The van der Waals surface area contributed by atoms with Crippen LogP contribution in [0.4, 0.5) is 22.0 Å². The van der Waals surface area contributed by atoms with Crippen LogP contribution < -0.4 is 10.6 Å². The van der Waals surface area contributed by atoms with Gasteiger partial charge in [-0.15, -0.1) is 0 Å². The number of carbonyl (C=O) groups excluding carboxylic acids is 1. The van der Waals surface area contributed by atoms with Crippen molar-refractivity contribution in [2.24, 2.45) is 0 Å². The van der Waals surface area contributed by atoms with E-state index in [4.69, 9.17) is 0 Å². The lowest BCUT2D eigenvalue weighted by Crippen LogP contribution is -2.11. The fraction of sp³-hybridized carbons (Fsp3) is 0.143. The minimum Gasteiger partial charge on any atom is -0.453 e. The molecule has 0 bridgehead atoms. The van der Waals surface area contributed by atoms with E-state index >= 15 is 0 Å². The van der Waals surface area contributed by atoms with Gasteiger partial charge in [0.25, 0.3) is 0 Å². The second kappa shape index (κ2) is 6.38. The van der Waals surface area contributed by atoms with Gasteiger partial charge in [0.05, 0.1) is 19.0 Å². The van der Waals surface area contributed by atoms with Gasteiger partial charge in [-0.05, 0) is 42.8 Å². The van der Waals surface area contributed by atoms with Crippen molar-refractivity contribution in [2.75, 3.05) is 17.7 Å². The fourth-order valence-corrected chi connectivity index (χ4v) is 2.09. The molecule has 0 radical (unpaired) electrons. The average molecular weight is 336 g/mol. The van der Waals surface area contributed by atoms with Crippen molar-refractivity contribution in [2.45, 2.75) is 6.92 Å². The standard InChI is InChI=1S/C14H14BrN3O2/c1-9-7-10(15)3-5-12(9)18-13-6-4-11(8-16-13)17-14(19)20-2/h3-8H,1-2H3,(H,16,18)(H,17,19). The second-order valence-corrected chi connectivity index (χ2v) is 5.05. The van der Waals surface area contributed by atoms with Crippen molar-refractivity contribution in [3.05, 3.63) is 46.6 Å². The average Bonchev–Trinajstić information content (AvgIpc) is 2.44. The van der Waals surface area contributed by atoms with E-state index in [1.165, 1.54) is 7.11 Å². The Hall–Kier alpha value is -2.08. The van der Waals surface area contributed by atoms with Crippen LogP contribution in [0.15, 0.2) is 41.0 Å². The first-order valence-electron chi connectivity index (χ1n) is 5.92. The van der Waals surface area contributed by atoms with E-state index in [-0.39, 0.29) is 0 Å². The minimum absolute atomic E-state index is 0.517. The van der Waals surface area contributed by atoms with Crippen molar-refractivity contribution >= 4 is 39.2 Å². The third kappa shape index (κ3) is 3.71. The molecule has 2 aromatic rings. The summed E-state index contributed by atoms with van der Waals surface area (Å²) in [4.78, 5) is 15.3. The van der Waals surface area contributed by atoms with Crippen molar-refractivity contribution in [1.29, 1.82) is 0 Å². The van der Waals surface area contributed by atoms with Gasteiger partial charge in [-0.2, -0.15) is 0 Å². The van der Waals surface area contributed by atoms with Crippen LogP contribution in [0.25, 0.3) is 0 Å². The van der Waals surface area contributed by atoms with E-state index < -0.39 is 6.09 Å². The number of nitrogens with one attached hydrogen (secondary N) is 2. The van der Waals surface area contributed by atoms with Gasteiger partial charge in [-0.1, -0.05) is 15.9 Å². The van der Waals surface area contributed by atoms with E-state index in [0.29, 0.717) is 11.5 Å². The van der Waals surface area contributed by atoms with Crippen LogP contribution in [-0.2, 0) is 4.74 Å². The van der Waals surface area contributed by atoms with Crippen molar-refractivity contribution in [1.82, 2.24) is 4.98 Å².